The standard InChI is InChI=1S/C10H17FO2/c11-8-4-7-10(9(12)13)5-2-1-3-6-10/h1-8H2,(H,12,13). The summed E-state index contributed by atoms with van der Waals surface area (Å²) in [6.45, 7) is -0.394. The van der Waals surface area contributed by atoms with E-state index in [0.29, 0.717) is 12.8 Å². The van der Waals surface area contributed by atoms with E-state index in [1.807, 2.05) is 0 Å². The maximum Gasteiger partial charge on any atom is 0.309 e. The van der Waals surface area contributed by atoms with Gasteiger partial charge >= 0.3 is 5.97 Å². The number of carboxylic acids is 1. The SMILES string of the molecule is O=C(O)C1(CCCF)CCCCC1. The third-order valence-corrected chi connectivity index (χ3v) is 3.05. The first-order valence-electron chi connectivity index (χ1n) is 5.01. The van der Waals surface area contributed by atoms with Gasteiger partial charge < -0.3 is 5.11 Å². The van der Waals surface area contributed by atoms with E-state index >= 15 is 0 Å². The number of rotatable bonds is 4. The van der Waals surface area contributed by atoms with Crippen molar-refractivity contribution in [1.29, 1.82) is 0 Å². The number of hydrogen-bond acceptors (Lipinski definition) is 1. The third-order valence-electron chi connectivity index (χ3n) is 3.05. The maximum atomic E-state index is 12.0. The van der Waals surface area contributed by atoms with Gasteiger partial charge in [-0.1, -0.05) is 19.3 Å². The molecule has 0 aliphatic heterocycles. The Morgan fingerprint density at radius 3 is 2.38 bits per heavy atom. The van der Waals surface area contributed by atoms with Crippen LogP contribution in [0.15, 0.2) is 0 Å². The molecule has 1 saturated carbocycles. The highest BCUT2D eigenvalue weighted by molar-refractivity contribution is 5.74. The van der Waals surface area contributed by atoms with E-state index in [9.17, 15) is 9.18 Å². The van der Waals surface area contributed by atoms with Crippen LogP contribution in [-0.4, -0.2) is 17.8 Å². The van der Waals surface area contributed by atoms with Crippen molar-refractivity contribution in [3.8, 4) is 0 Å². The highest BCUT2D eigenvalue weighted by atomic mass is 19.1. The fourth-order valence-electron chi connectivity index (χ4n) is 2.20. The molecule has 13 heavy (non-hydrogen) atoms. The van der Waals surface area contributed by atoms with Crippen LogP contribution < -0.4 is 0 Å². The van der Waals surface area contributed by atoms with Gasteiger partial charge in [0.2, 0.25) is 0 Å². The number of alkyl halides is 1. The van der Waals surface area contributed by atoms with Crippen molar-refractivity contribution in [1.82, 2.24) is 0 Å². The molecule has 0 bridgehead atoms. The summed E-state index contributed by atoms with van der Waals surface area (Å²) in [6.07, 6.45) is 5.48. The first-order chi connectivity index (χ1) is 6.21. The number of carboxylic acid groups (broad SMARTS) is 1. The second-order valence-electron chi connectivity index (χ2n) is 3.94. The summed E-state index contributed by atoms with van der Waals surface area (Å²) in [7, 11) is 0. The third kappa shape index (κ3) is 2.42. The highest BCUT2D eigenvalue weighted by Crippen LogP contribution is 2.40. The second-order valence-corrected chi connectivity index (χ2v) is 3.94. The molecule has 0 radical (unpaired) electrons. The summed E-state index contributed by atoms with van der Waals surface area (Å²) in [5.41, 5.74) is -0.593. The van der Waals surface area contributed by atoms with Crippen molar-refractivity contribution >= 4 is 5.97 Å². The summed E-state index contributed by atoms with van der Waals surface area (Å²) >= 11 is 0. The lowest BCUT2D eigenvalue weighted by Gasteiger charge is -2.32. The van der Waals surface area contributed by atoms with Gasteiger partial charge in [-0.25, -0.2) is 0 Å². The average Bonchev–Trinajstić information content (AvgIpc) is 2.16. The van der Waals surface area contributed by atoms with Gasteiger partial charge in [-0.2, -0.15) is 0 Å². The van der Waals surface area contributed by atoms with Gasteiger partial charge in [-0.15, -0.1) is 0 Å². The Hall–Kier alpha value is -0.600. The van der Waals surface area contributed by atoms with Gasteiger partial charge in [0.05, 0.1) is 12.1 Å². The average molecular weight is 188 g/mol. The van der Waals surface area contributed by atoms with E-state index in [0.717, 1.165) is 32.1 Å². The largest absolute Gasteiger partial charge is 0.481 e. The van der Waals surface area contributed by atoms with E-state index in [1.165, 1.54) is 0 Å². The Kier molecular flexibility index (Phi) is 3.70. The molecule has 0 aromatic carbocycles. The van der Waals surface area contributed by atoms with Crippen LogP contribution in [-0.2, 0) is 4.79 Å². The Morgan fingerprint density at radius 1 is 1.31 bits per heavy atom. The van der Waals surface area contributed by atoms with Crippen LogP contribution in [0.2, 0.25) is 0 Å². The zero-order valence-electron chi connectivity index (χ0n) is 7.89. The highest BCUT2D eigenvalue weighted by Gasteiger charge is 2.38. The predicted octanol–water partition coefficient (Wildman–Crippen LogP) is 2.77. The van der Waals surface area contributed by atoms with Crippen LogP contribution in [0.1, 0.15) is 44.9 Å². The van der Waals surface area contributed by atoms with Crippen molar-refractivity contribution in [2.75, 3.05) is 6.67 Å². The molecular weight excluding hydrogens is 171 g/mol. The summed E-state index contributed by atoms with van der Waals surface area (Å²) in [6, 6.07) is 0. The molecule has 0 saturated heterocycles. The minimum atomic E-state index is -0.722. The van der Waals surface area contributed by atoms with Crippen molar-refractivity contribution < 1.29 is 14.3 Å². The van der Waals surface area contributed by atoms with Gasteiger partial charge in [0.25, 0.3) is 0 Å². The molecule has 1 N–H and O–H groups in total. The van der Waals surface area contributed by atoms with Crippen molar-refractivity contribution in [2.45, 2.75) is 44.9 Å². The molecule has 76 valence electrons. The fraction of sp³-hybridized carbons (Fsp3) is 0.900. The molecule has 1 rings (SSSR count). The van der Waals surface area contributed by atoms with E-state index in [2.05, 4.69) is 0 Å². The minimum Gasteiger partial charge on any atom is -0.481 e. The lowest BCUT2D eigenvalue weighted by molar-refractivity contribution is -0.151. The summed E-state index contributed by atoms with van der Waals surface area (Å²) in [5, 5.41) is 9.09. The first kappa shape index (κ1) is 10.5. The molecule has 1 aliphatic carbocycles. The van der Waals surface area contributed by atoms with E-state index in [4.69, 9.17) is 5.11 Å². The van der Waals surface area contributed by atoms with Gasteiger partial charge in [-0.3, -0.25) is 9.18 Å². The molecule has 0 spiro atoms. The Morgan fingerprint density at radius 2 is 1.92 bits per heavy atom. The Balaban J connectivity index is 2.56. The topological polar surface area (TPSA) is 37.3 Å². The lowest BCUT2D eigenvalue weighted by Crippen LogP contribution is -2.33. The molecule has 3 heteroatoms. The predicted molar refractivity (Wildman–Crippen MR) is 48.4 cm³/mol. The number of aliphatic carboxylic acids is 1. The summed E-state index contributed by atoms with van der Waals surface area (Å²) in [5.74, 6) is -0.722. The second kappa shape index (κ2) is 4.58. The van der Waals surface area contributed by atoms with Gasteiger partial charge in [0.1, 0.15) is 0 Å². The fourth-order valence-corrected chi connectivity index (χ4v) is 2.20. The van der Waals surface area contributed by atoms with Crippen LogP contribution in [0.4, 0.5) is 4.39 Å². The number of carbonyl (C=O) groups is 1. The normalized spacial score (nSPS) is 21.3. The molecule has 0 amide bonds. The minimum absolute atomic E-state index is 0.394. The van der Waals surface area contributed by atoms with Crippen molar-refractivity contribution in [3.05, 3.63) is 0 Å². The molecular formula is C10H17FO2. The van der Waals surface area contributed by atoms with Gasteiger partial charge in [0.15, 0.2) is 0 Å². The van der Waals surface area contributed by atoms with Crippen LogP contribution in [0, 0.1) is 5.41 Å². The first-order valence-corrected chi connectivity index (χ1v) is 5.01. The zero-order valence-corrected chi connectivity index (χ0v) is 7.89. The molecule has 0 aromatic heterocycles. The molecule has 0 unspecified atom stereocenters. The number of halogens is 1. The summed E-state index contributed by atoms with van der Waals surface area (Å²) in [4.78, 5) is 11.1. The lowest BCUT2D eigenvalue weighted by atomic mass is 9.71. The van der Waals surface area contributed by atoms with E-state index in [1.54, 1.807) is 0 Å². The number of hydrogen-bond donors (Lipinski definition) is 1. The van der Waals surface area contributed by atoms with Gasteiger partial charge in [-0.05, 0) is 25.7 Å². The molecule has 0 heterocycles. The van der Waals surface area contributed by atoms with E-state index in [-0.39, 0.29) is 0 Å². The van der Waals surface area contributed by atoms with Crippen LogP contribution in [0.25, 0.3) is 0 Å². The summed E-state index contributed by atoms with van der Waals surface area (Å²) < 4.78 is 12.0. The zero-order chi connectivity index (χ0) is 9.73. The van der Waals surface area contributed by atoms with Crippen molar-refractivity contribution in [3.63, 3.8) is 0 Å². The Bertz CT molecular complexity index is 174. The molecule has 2 nitrogen and oxygen atoms in total. The van der Waals surface area contributed by atoms with Crippen LogP contribution in [0.5, 0.6) is 0 Å². The molecule has 0 aromatic rings. The maximum absolute atomic E-state index is 12.0. The Labute approximate surface area is 78.1 Å². The quantitative estimate of drug-likeness (QED) is 0.736. The molecule has 1 aliphatic rings. The molecule has 0 atom stereocenters. The van der Waals surface area contributed by atoms with Crippen LogP contribution in [0.3, 0.4) is 0 Å². The van der Waals surface area contributed by atoms with Crippen molar-refractivity contribution in [2.24, 2.45) is 5.41 Å². The van der Waals surface area contributed by atoms with Gasteiger partial charge in [0, 0.05) is 0 Å². The van der Waals surface area contributed by atoms with Crippen LogP contribution >= 0.6 is 0 Å². The smallest absolute Gasteiger partial charge is 0.309 e. The van der Waals surface area contributed by atoms with E-state index < -0.39 is 18.1 Å². The monoisotopic (exact) mass is 188 g/mol. The molecule has 1 fully saturated rings.